The van der Waals surface area contributed by atoms with Gasteiger partial charge in [-0.1, -0.05) is 19.3 Å². The second-order valence-electron chi connectivity index (χ2n) is 2.67. The van der Waals surface area contributed by atoms with Gasteiger partial charge in [0, 0.05) is 0 Å². The van der Waals surface area contributed by atoms with Crippen LogP contribution < -0.4 is 15.3 Å². The first-order valence-corrected chi connectivity index (χ1v) is 4.76. The zero-order chi connectivity index (χ0) is 12.7. The first kappa shape index (κ1) is 25.0. The molecule has 0 aromatic rings. The Bertz CT molecular complexity index is 116. The Labute approximate surface area is 112 Å². The molecule has 0 saturated heterocycles. The minimum atomic E-state index is -0.602. The van der Waals surface area contributed by atoms with Crippen LogP contribution in [0.3, 0.4) is 0 Å². The summed E-state index contributed by atoms with van der Waals surface area (Å²) in [4.78, 5) is 10.4. The largest absolute Gasteiger partial charge is 3.00 e. The van der Waals surface area contributed by atoms with E-state index in [4.69, 9.17) is 20.4 Å². The molecule has 1 fully saturated rings. The van der Waals surface area contributed by atoms with Crippen LogP contribution in [0, 0.1) is 5.92 Å². The van der Waals surface area contributed by atoms with E-state index in [9.17, 15) is 4.79 Å². The van der Waals surface area contributed by atoms with Gasteiger partial charge in [0.2, 0.25) is 0 Å². The SMILES string of the molecule is C[O-].C[O-].C[O-].O=C(O)C1CCCCC1.[Ti+3]. The van der Waals surface area contributed by atoms with Crippen LogP contribution >= 0.6 is 0 Å². The summed E-state index contributed by atoms with van der Waals surface area (Å²) in [6.07, 6.45) is 5.24. The molecule has 95 valence electrons. The fraction of sp³-hybridized carbons (Fsp3) is 0.900. The molecule has 1 radical (unpaired) electrons. The molecule has 0 aromatic carbocycles. The number of carboxylic acids is 1. The van der Waals surface area contributed by atoms with Gasteiger partial charge in [0.25, 0.3) is 0 Å². The summed E-state index contributed by atoms with van der Waals surface area (Å²) in [6, 6.07) is 0. The first-order valence-electron chi connectivity index (χ1n) is 4.76. The van der Waals surface area contributed by atoms with E-state index in [2.05, 4.69) is 0 Å². The van der Waals surface area contributed by atoms with Crippen molar-refractivity contribution in [3.63, 3.8) is 0 Å². The van der Waals surface area contributed by atoms with E-state index in [0.717, 1.165) is 47.0 Å². The zero-order valence-corrected chi connectivity index (χ0v) is 11.8. The molecule has 5 nitrogen and oxygen atoms in total. The average molecular weight is 269 g/mol. The van der Waals surface area contributed by atoms with Gasteiger partial charge in [-0.3, -0.25) is 4.79 Å². The Kier molecular flexibility index (Phi) is 38.1. The van der Waals surface area contributed by atoms with Crippen molar-refractivity contribution in [1.29, 1.82) is 0 Å². The molecule has 1 N–H and O–H groups in total. The van der Waals surface area contributed by atoms with Crippen LogP contribution in [0.15, 0.2) is 0 Å². The normalized spacial score (nSPS) is 13.4. The standard InChI is InChI=1S/C7H12O2.3CH3O.Ti/c8-7(9)6-4-2-1-3-5-6;3*1-2;/h6H,1-5H2,(H,8,9);3*1H3;/q;3*-1;+3. The van der Waals surface area contributed by atoms with Crippen LogP contribution in [-0.4, -0.2) is 32.4 Å². The monoisotopic (exact) mass is 269 g/mol. The molecule has 0 bridgehead atoms. The van der Waals surface area contributed by atoms with E-state index in [1.807, 2.05) is 0 Å². The third-order valence-corrected chi connectivity index (χ3v) is 1.95. The maximum atomic E-state index is 10.4. The van der Waals surface area contributed by atoms with Crippen LogP contribution in [0.25, 0.3) is 0 Å². The minimum Gasteiger partial charge on any atom is -0.857 e. The molecule has 1 aliphatic rings. The van der Waals surface area contributed by atoms with Gasteiger partial charge >= 0.3 is 27.7 Å². The quantitative estimate of drug-likeness (QED) is 0.588. The van der Waals surface area contributed by atoms with E-state index in [0.29, 0.717) is 0 Å². The topological polar surface area (TPSA) is 106 Å². The summed E-state index contributed by atoms with van der Waals surface area (Å²) in [6.45, 7) is 0. The average Bonchev–Trinajstić information content (AvgIpc) is 2.38. The molecular formula is C10H21O5Ti. The van der Waals surface area contributed by atoms with Crippen molar-refractivity contribution in [2.75, 3.05) is 21.3 Å². The Hall–Kier alpha value is 0.0643. The predicted octanol–water partition coefficient (Wildman–Crippen LogP) is -1.42. The second-order valence-corrected chi connectivity index (χ2v) is 2.67. The number of carbonyl (C=O) groups is 1. The van der Waals surface area contributed by atoms with E-state index >= 15 is 0 Å². The zero-order valence-electron chi connectivity index (χ0n) is 10.2. The second kappa shape index (κ2) is 24.3. The Morgan fingerprint density at radius 1 is 0.938 bits per heavy atom. The van der Waals surface area contributed by atoms with Crippen molar-refractivity contribution >= 4 is 5.97 Å². The van der Waals surface area contributed by atoms with Gasteiger partial charge in [0.1, 0.15) is 0 Å². The molecule has 0 amide bonds. The van der Waals surface area contributed by atoms with E-state index in [1.165, 1.54) is 6.42 Å². The molecule has 0 unspecified atom stereocenters. The predicted molar refractivity (Wildman–Crippen MR) is 52.0 cm³/mol. The van der Waals surface area contributed by atoms with Crippen LogP contribution in [0.4, 0.5) is 0 Å². The summed E-state index contributed by atoms with van der Waals surface area (Å²) < 4.78 is 0. The van der Waals surface area contributed by atoms with Crippen LogP contribution in [0.5, 0.6) is 0 Å². The van der Waals surface area contributed by atoms with E-state index < -0.39 is 5.97 Å². The van der Waals surface area contributed by atoms with Crippen LogP contribution in [0.1, 0.15) is 32.1 Å². The van der Waals surface area contributed by atoms with Crippen molar-refractivity contribution < 1.29 is 46.9 Å². The Morgan fingerprint density at radius 2 is 1.25 bits per heavy atom. The van der Waals surface area contributed by atoms with Gasteiger partial charge < -0.3 is 20.4 Å². The van der Waals surface area contributed by atoms with E-state index in [-0.39, 0.29) is 27.6 Å². The summed E-state index contributed by atoms with van der Waals surface area (Å²) in [5, 5.41) is 33.3. The fourth-order valence-electron chi connectivity index (χ4n) is 1.35. The third kappa shape index (κ3) is 16.5. The summed E-state index contributed by atoms with van der Waals surface area (Å²) in [5.41, 5.74) is 0. The van der Waals surface area contributed by atoms with Crippen LogP contribution in [0.2, 0.25) is 0 Å². The third-order valence-electron chi connectivity index (χ3n) is 1.95. The molecule has 6 heteroatoms. The van der Waals surface area contributed by atoms with Gasteiger partial charge in [-0.15, -0.1) is 0 Å². The van der Waals surface area contributed by atoms with Gasteiger partial charge in [0.15, 0.2) is 0 Å². The molecule has 0 aliphatic heterocycles. The van der Waals surface area contributed by atoms with Gasteiger partial charge in [-0.05, 0) is 12.8 Å². The number of carboxylic acid groups (broad SMARTS) is 1. The molecular weight excluding hydrogens is 248 g/mol. The maximum Gasteiger partial charge on any atom is 3.00 e. The molecule has 1 aliphatic carbocycles. The summed E-state index contributed by atoms with van der Waals surface area (Å²) in [5.74, 6) is -0.631. The molecule has 1 rings (SSSR count). The number of hydrogen-bond acceptors (Lipinski definition) is 4. The van der Waals surface area contributed by atoms with Crippen molar-refractivity contribution in [3.8, 4) is 0 Å². The molecule has 0 aromatic heterocycles. The Balaban J connectivity index is -0.0000000900. The number of hydrogen-bond donors (Lipinski definition) is 1. The van der Waals surface area contributed by atoms with Crippen LogP contribution in [-0.2, 0) is 26.5 Å². The van der Waals surface area contributed by atoms with Gasteiger partial charge in [-0.25, -0.2) is 0 Å². The summed E-state index contributed by atoms with van der Waals surface area (Å²) in [7, 11) is 2.25. The van der Waals surface area contributed by atoms with Gasteiger partial charge in [-0.2, -0.15) is 21.3 Å². The number of aliphatic carboxylic acids is 1. The number of rotatable bonds is 1. The first-order chi connectivity index (χ1) is 7.30. The minimum absolute atomic E-state index is 0. The fourth-order valence-corrected chi connectivity index (χ4v) is 1.35. The van der Waals surface area contributed by atoms with Crippen molar-refractivity contribution in [3.05, 3.63) is 0 Å². The molecule has 0 heterocycles. The molecule has 1 saturated carbocycles. The van der Waals surface area contributed by atoms with Gasteiger partial charge in [0.05, 0.1) is 5.92 Å². The molecule has 0 atom stereocenters. The van der Waals surface area contributed by atoms with Crippen molar-refractivity contribution in [2.24, 2.45) is 5.92 Å². The van der Waals surface area contributed by atoms with E-state index in [1.54, 1.807) is 0 Å². The van der Waals surface area contributed by atoms with Crippen molar-refractivity contribution in [1.82, 2.24) is 0 Å². The molecule has 16 heavy (non-hydrogen) atoms. The maximum absolute atomic E-state index is 10.4. The molecule has 0 spiro atoms. The Morgan fingerprint density at radius 3 is 1.44 bits per heavy atom. The smallest absolute Gasteiger partial charge is 0.857 e. The van der Waals surface area contributed by atoms with Crippen molar-refractivity contribution in [2.45, 2.75) is 32.1 Å². The summed E-state index contributed by atoms with van der Waals surface area (Å²) >= 11 is 0.